The maximum absolute atomic E-state index is 3.88. The highest BCUT2D eigenvalue weighted by atomic mass is 32.2. The van der Waals surface area contributed by atoms with Gasteiger partial charge in [0.05, 0.1) is 5.69 Å². The van der Waals surface area contributed by atoms with E-state index in [4.69, 9.17) is 0 Å². The largest absolute Gasteiger partial charge is 0.304 e. The molecule has 1 saturated heterocycles. The molecule has 2 aromatic rings. The van der Waals surface area contributed by atoms with Gasteiger partial charge in [-0.15, -0.1) is 16.9 Å². The van der Waals surface area contributed by atoms with Crippen molar-refractivity contribution >= 4 is 11.8 Å². The summed E-state index contributed by atoms with van der Waals surface area (Å²) in [6, 6.07) is 8.33. The van der Waals surface area contributed by atoms with E-state index >= 15 is 0 Å². The summed E-state index contributed by atoms with van der Waals surface area (Å²) in [6.45, 7) is 4.65. The van der Waals surface area contributed by atoms with Gasteiger partial charge in [-0.3, -0.25) is 4.90 Å². The van der Waals surface area contributed by atoms with E-state index in [-0.39, 0.29) is 0 Å². The maximum Gasteiger partial charge on any atom is 0.143 e. The van der Waals surface area contributed by atoms with Crippen molar-refractivity contribution in [2.75, 3.05) is 39.1 Å². The topological polar surface area (TPSA) is 50.1 Å². The van der Waals surface area contributed by atoms with Crippen molar-refractivity contribution in [3.05, 3.63) is 30.6 Å². The first kappa shape index (κ1) is 13.5. The van der Waals surface area contributed by atoms with E-state index in [1.54, 1.807) is 11.0 Å². The van der Waals surface area contributed by atoms with Crippen LogP contribution in [0.15, 0.2) is 35.5 Å². The Labute approximate surface area is 122 Å². The standard InChI is InChI=1S/C13H18N6S/c1-17-6-8-18(9-7-17)11-20-13-4-2-12(3-5-13)19-10-14-15-16-19/h2-5,10H,6-9,11H2,1H3. The van der Waals surface area contributed by atoms with E-state index in [1.807, 2.05) is 23.9 Å². The van der Waals surface area contributed by atoms with E-state index < -0.39 is 0 Å². The van der Waals surface area contributed by atoms with E-state index in [9.17, 15) is 0 Å². The fourth-order valence-electron chi connectivity index (χ4n) is 2.12. The number of likely N-dealkylation sites (N-methyl/N-ethyl adjacent to an activating group) is 1. The Morgan fingerprint density at radius 1 is 1.10 bits per heavy atom. The van der Waals surface area contributed by atoms with Crippen LogP contribution in [0.5, 0.6) is 0 Å². The van der Waals surface area contributed by atoms with Crippen LogP contribution in [0.2, 0.25) is 0 Å². The van der Waals surface area contributed by atoms with Crippen molar-refractivity contribution in [3.63, 3.8) is 0 Å². The van der Waals surface area contributed by atoms with Gasteiger partial charge < -0.3 is 4.90 Å². The van der Waals surface area contributed by atoms with Gasteiger partial charge in [0, 0.05) is 37.0 Å². The molecule has 1 fully saturated rings. The molecule has 1 aliphatic rings. The van der Waals surface area contributed by atoms with Gasteiger partial charge in [-0.05, 0) is 41.7 Å². The highest BCUT2D eigenvalue weighted by molar-refractivity contribution is 7.99. The van der Waals surface area contributed by atoms with Gasteiger partial charge in [-0.2, -0.15) is 0 Å². The second kappa shape index (κ2) is 6.34. The summed E-state index contributed by atoms with van der Waals surface area (Å²) in [5.74, 6) is 1.05. The number of nitrogens with zero attached hydrogens (tertiary/aromatic N) is 6. The molecule has 0 bridgehead atoms. The van der Waals surface area contributed by atoms with E-state index in [1.165, 1.54) is 18.0 Å². The smallest absolute Gasteiger partial charge is 0.143 e. The van der Waals surface area contributed by atoms with Crippen LogP contribution in [-0.2, 0) is 0 Å². The molecular weight excluding hydrogens is 272 g/mol. The Balaban J connectivity index is 1.53. The van der Waals surface area contributed by atoms with E-state index in [2.05, 4.69) is 44.5 Å². The van der Waals surface area contributed by atoms with Gasteiger partial charge in [0.1, 0.15) is 6.33 Å². The Bertz CT molecular complexity index is 518. The van der Waals surface area contributed by atoms with Crippen LogP contribution in [-0.4, -0.2) is 69.1 Å². The molecule has 0 saturated carbocycles. The SMILES string of the molecule is CN1CCN(CSc2ccc(-n3cnnn3)cc2)CC1. The number of tetrazole rings is 1. The lowest BCUT2D eigenvalue weighted by molar-refractivity contribution is 0.175. The number of rotatable bonds is 4. The fraction of sp³-hybridized carbons (Fsp3) is 0.462. The lowest BCUT2D eigenvalue weighted by atomic mass is 10.3. The van der Waals surface area contributed by atoms with Crippen molar-refractivity contribution < 1.29 is 0 Å². The second-order valence-corrected chi connectivity index (χ2v) is 5.96. The predicted molar refractivity (Wildman–Crippen MR) is 78.9 cm³/mol. The van der Waals surface area contributed by atoms with Crippen molar-refractivity contribution in [1.29, 1.82) is 0 Å². The molecule has 0 spiro atoms. The molecule has 20 heavy (non-hydrogen) atoms. The highest BCUT2D eigenvalue weighted by Crippen LogP contribution is 2.21. The summed E-state index contributed by atoms with van der Waals surface area (Å²) in [5.41, 5.74) is 0.985. The van der Waals surface area contributed by atoms with Crippen LogP contribution in [0.1, 0.15) is 0 Å². The minimum atomic E-state index is 0.985. The molecule has 0 unspecified atom stereocenters. The van der Waals surface area contributed by atoms with Crippen LogP contribution in [0.25, 0.3) is 5.69 Å². The summed E-state index contributed by atoms with van der Waals surface area (Å²) < 4.78 is 1.66. The molecule has 1 aromatic heterocycles. The first-order valence-electron chi connectivity index (χ1n) is 6.68. The summed E-state index contributed by atoms with van der Waals surface area (Å²) in [7, 11) is 2.18. The second-order valence-electron chi connectivity index (χ2n) is 4.94. The molecule has 0 aliphatic carbocycles. The molecule has 0 amide bonds. The molecule has 6 nitrogen and oxygen atoms in total. The van der Waals surface area contributed by atoms with Crippen molar-refractivity contribution in [1.82, 2.24) is 30.0 Å². The number of piperazine rings is 1. The van der Waals surface area contributed by atoms with E-state index in [0.29, 0.717) is 0 Å². The zero-order valence-corrected chi connectivity index (χ0v) is 12.3. The van der Waals surface area contributed by atoms with Crippen LogP contribution < -0.4 is 0 Å². The molecule has 1 aromatic carbocycles. The molecular formula is C13H18N6S. The summed E-state index contributed by atoms with van der Waals surface area (Å²) in [5, 5.41) is 11.2. The Hall–Kier alpha value is -1.44. The maximum atomic E-state index is 3.88. The molecule has 2 heterocycles. The van der Waals surface area contributed by atoms with Crippen molar-refractivity contribution in [3.8, 4) is 5.69 Å². The molecule has 0 atom stereocenters. The van der Waals surface area contributed by atoms with Crippen LogP contribution in [0.4, 0.5) is 0 Å². The van der Waals surface area contributed by atoms with Gasteiger partial charge in [-0.1, -0.05) is 0 Å². The Kier molecular flexibility index (Phi) is 4.29. The third-order valence-electron chi connectivity index (χ3n) is 3.46. The molecule has 0 radical (unpaired) electrons. The predicted octanol–water partition coefficient (Wildman–Crippen LogP) is 0.959. The van der Waals surface area contributed by atoms with Crippen LogP contribution >= 0.6 is 11.8 Å². The van der Waals surface area contributed by atoms with Gasteiger partial charge >= 0.3 is 0 Å². The van der Waals surface area contributed by atoms with Gasteiger partial charge in [0.25, 0.3) is 0 Å². The zero-order valence-electron chi connectivity index (χ0n) is 11.5. The van der Waals surface area contributed by atoms with Crippen LogP contribution in [0, 0.1) is 0 Å². The summed E-state index contributed by atoms with van der Waals surface area (Å²) >= 11 is 1.88. The molecule has 106 valence electrons. The first-order chi connectivity index (χ1) is 9.81. The van der Waals surface area contributed by atoms with Gasteiger partial charge in [0.15, 0.2) is 0 Å². The monoisotopic (exact) mass is 290 g/mol. The summed E-state index contributed by atoms with van der Waals surface area (Å²) in [6.07, 6.45) is 1.60. The first-order valence-corrected chi connectivity index (χ1v) is 7.67. The minimum Gasteiger partial charge on any atom is -0.304 e. The third-order valence-corrected chi connectivity index (χ3v) is 4.56. The number of hydrogen-bond acceptors (Lipinski definition) is 6. The molecule has 0 N–H and O–H groups in total. The number of thioether (sulfide) groups is 1. The number of aromatic nitrogens is 4. The normalized spacial score (nSPS) is 17.4. The quantitative estimate of drug-likeness (QED) is 0.782. The lowest BCUT2D eigenvalue weighted by Crippen LogP contribution is -2.44. The van der Waals surface area contributed by atoms with E-state index in [0.717, 1.165) is 24.7 Å². The lowest BCUT2D eigenvalue weighted by Gasteiger charge is -2.31. The number of benzene rings is 1. The van der Waals surface area contributed by atoms with Gasteiger partial charge in [0.2, 0.25) is 0 Å². The summed E-state index contributed by atoms with van der Waals surface area (Å²) in [4.78, 5) is 6.16. The molecule has 3 rings (SSSR count). The zero-order chi connectivity index (χ0) is 13.8. The molecule has 1 aliphatic heterocycles. The minimum absolute atomic E-state index is 0.985. The fourth-order valence-corrected chi connectivity index (χ4v) is 3.04. The van der Waals surface area contributed by atoms with Gasteiger partial charge in [-0.25, -0.2) is 4.68 Å². The Morgan fingerprint density at radius 2 is 1.85 bits per heavy atom. The van der Waals surface area contributed by atoms with Crippen molar-refractivity contribution in [2.24, 2.45) is 0 Å². The Morgan fingerprint density at radius 3 is 2.50 bits per heavy atom. The average Bonchev–Trinajstić information content (AvgIpc) is 3.01. The molecule has 7 heteroatoms. The van der Waals surface area contributed by atoms with Crippen molar-refractivity contribution in [2.45, 2.75) is 4.90 Å². The average molecular weight is 290 g/mol. The third kappa shape index (κ3) is 3.36. The highest BCUT2D eigenvalue weighted by Gasteiger charge is 2.13. The van der Waals surface area contributed by atoms with Crippen LogP contribution in [0.3, 0.4) is 0 Å². The number of hydrogen-bond donors (Lipinski definition) is 0.